The second kappa shape index (κ2) is 10.6. The highest BCUT2D eigenvalue weighted by molar-refractivity contribution is 6.47. The van der Waals surface area contributed by atoms with E-state index in [1.54, 1.807) is 12.1 Å². The summed E-state index contributed by atoms with van der Waals surface area (Å²) in [6.45, 7) is 0. The third kappa shape index (κ3) is 5.67. The van der Waals surface area contributed by atoms with E-state index in [1.807, 2.05) is 0 Å². The van der Waals surface area contributed by atoms with Crippen LogP contribution in [-0.2, 0) is 0 Å². The molecular weight excluding hydrogens is 564 g/mol. The van der Waals surface area contributed by atoms with Crippen LogP contribution in [0.25, 0.3) is 0 Å². The first-order valence-corrected chi connectivity index (χ1v) is 11.1. The van der Waals surface area contributed by atoms with Crippen molar-refractivity contribution < 1.29 is 14.3 Å². The lowest BCUT2D eigenvalue weighted by atomic mass is 10.2. The zero-order chi connectivity index (χ0) is 23.6. The van der Waals surface area contributed by atoms with Crippen molar-refractivity contribution in [3.8, 4) is 11.5 Å². The number of rotatable bonds is 4. The average molecular weight is 573 g/mol. The molecule has 0 bridgehead atoms. The van der Waals surface area contributed by atoms with Crippen LogP contribution in [0.15, 0.2) is 42.5 Å². The van der Waals surface area contributed by atoms with Gasteiger partial charge in [-0.05, 0) is 18.2 Å². The molecule has 3 aromatic rings. The Balaban J connectivity index is 1.81. The summed E-state index contributed by atoms with van der Waals surface area (Å²) in [6.07, 6.45) is 0. The van der Waals surface area contributed by atoms with Gasteiger partial charge in [-0.15, -0.1) is 0 Å². The average Bonchev–Trinajstić information content (AvgIpc) is 2.73. The van der Waals surface area contributed by atoms with Gasteiger partial charge in [-0.25, -0.2) is 4.79 Å². The van der Waals surface area contributed by atoms with Crippen LogP contribution >= 0.6 is 81.2 Å². The molecule has 0 aliphatic carbocycles. The molecule has 0 saturated heterocycles. The first-order valence-electron chi connectivity index (χ1n) is 8.45. The Kier molecular flexibility index (Phi) is 8.28. The lowest BCUT2D eigenvalue weighted by Gasteiger charge is -2.15. The standard InChI is InChI=1S/C20H9Cl7N2O3/c21-9-4-2-1-3-8(9)19(30)29-20(31)28-18-13(25)7-15(16(26)17(18)27)32-14-6-11(23)10(22)5-12(14)24/h1-7H,(H2,28,29,30,31). The summed E-state index contributed by atoms with van der Waals surface area (Å²) in [5.41, 5.74) is 0.0668. The number of urea groups is 1. The second-order valence-electron chi connectivity index (χ2n) is 6.05. The van der Waals surface area contributed by atoms with Crippen molar-refractivity contribution >= 4 is 98.8 Å². The molecule has 0 fully saturated rings. The molecule has 0 aliphatic heterocycles. The number of carbonyl (C=O) groups excluding carboxylic acids is 2. The molecule has 0 spiro atoms. The summed E-state index contributed by atoms with van der Waals surface area (Å²) in [6, 6.07) is 9.41. The zero-order valence-corrected chi connectivity index (χ0v) is 20.7. The van der Waals surface area contributed by atoms with Gasteiger partial charge < -0.3 is 10.1 Å². The third-order valence-electron chi connectivity index (χ3n) is 3.90. The van der Waals surface area contributed by atoms with Gasteiger partial charge in [0.25, 0.3) is 5.91 Å². The molecule has 0 saturated carbocycles. The van der Waals surface area contributed by atoms with Gasteiger partial charge in [0.05, 0.1) is 41.4 Å². The molecular formula is C20H9Cl7N2O3. The molecule has 0 heterocycles. The van der Waals surface area contributed by atoms with Crippen molar-refractivity contribution in [2.24, 2.45) is 0 Å². The monoisotopic (exact) mass is 570 g/mol. The van der Waals surface area contributed by atoms with Crippen LogP contribution in [0.5, 0.6) is 11.5 Å². The highest BCUT2D eigenvalue weighted by Crippen LogP contribution is 2.45. The quantitative estimate of drug-likeness (QED) is 0.306. The largest absolute Gasteiger partial charge is 0.454 e. The number of ether oxygens (including phenoxy) is 1. The lowest BCUT2D eigenvalue weighted by molar-refractivity contribution is 0.0967. The summed E-state index contributed by atoms with van der Waals surface area (Å²) in [5.74, 6) is -0.528. The summed E-state index contributed by atoms with van der Waals surface area (Å²) in [4.78, 5) is 24.5. The predicted molar refractivity (Wildman–Crippen MR) is 131 cm³/mol. The number of anilines is 1. The van der Waals surface area contributed by atoms with Crippen LogP contribution in [0.2, 0.25) is 35.2 Å². The van der Waals surface area contributed by atoms with E-state index in [0.29, 0.717) is 0 Å². The molecule has 0 radical (unpaired) electrons. The van der Waals surface area contributed by atoms with Gasteiger partial charge in [0.2, 0.25) is 0 Å². The summed E-state index contributed by atoms with van der Waals surface area (Å²) >= 11 is 42.7. The van der Waals surface area contributed by atoms with Gasteiger partial charge in [-0.3, -0.25) is 10.1 Å². The molecule has 5 nitrogen and oxygen atoms in total. The van der Waals surface area contributed by atoms with Crippen LogP contribution < -0.4 is 15.4 Å². The number of carbonyl (C=O) groups is 2. The van der Waals surface area contributed by atoms with Gasteiger partial charge in [0, 0.05) is 12.1 Å². The lowest BCUT2D eigenvalue weighted by Crippen LogP contribution is -2.34. The number of imide groups is 1. The normalized spacial score (nSPS) is 10.6. The van der Waals surface area contributed by atoms with Crippen LogP contribution in [0, 0.1) is 0 Å². The van der Waals surface area contributed by atoms with Crippen molar-refractivity contribution in [1.29, 1.82) is 0 Å². The third-order valence-corrected chi connectivity index (χ3v) is 6.40. The Bertz CT molecular complexity index is 1230. The van der Waals surface area contributed by atoms with Crippen molar-refractivity contribution in [2.45, 2.75) is 0 Å². The molecule has 0 unspecified atom stereocenters. The van der Waals surface area contributed by atoms with E-state index in [2.05, 4.69) is 10.6 Å². The molecule has 3 amide bonds. The first-order chi connectivity index (χ1) is 15.1. The minimum Gasteiger partial charge on any atom is -0.454 e. The highest BCUT2D eigenvalue weighted by atomic mass is 35.5. The molecule has 0 atom stereocenters. The van der Waals surface area contributed by atoms with Crippen molar-refractivity contribution in [3.63, 3.8) is 0 Å². The van der Waals surface area contributed by atoms with Crippen LogP contribution in [-0.4, -0.2) is 11.9 Å². The highest BCUT2D eigenvalue weighted by Gasteiger charge is 2.21. The van der Waals surface area contributed by atoms with Crippen molar-refractivity contribution in [2.75, 3.05) is 5.32 Å². The van der Waals surface area contributed by atoms with E-state index in [4.69, 9.17) is 85.9 Å². The fourth-order valence-corrected chi connectivity index (χ4v) is 3.94. The maximum Gasteiger partial charge on any atom is 0.326 e. The van der Waals surface area contributed by atoms with E-state index in [1.165, 1.54) is 30.3 Å². The van der Waals surface area contributed by atoms with Crippen molar-refractivity contribution in [3.05, 3.63) is 83.2 Å². The molecule has 3 aromatic carbocycles. The Morgan fingerprint density at radius 2 is 1.31 bits per heavy atom. The molecule has 2 N–H and O–H groups in total. The molecule has 0 aromatic heterocycles. The smallest absolute Gasteiger partial charge is 0.326 e. The summed E-state index contributed by atoms with van der Waals surface area (Å²) in [7, 11) is 0. The van der Waals surface area contributed by atoms with Crippen molar-refractivity contribution in [1.82, 2.24) is 5.32 Å². The van der Waals surface area contributed by atoms with E-state index in [9.17, 15) is 9.59 Å². The fourth-order valence-electron chi connectivity index (χ4n) is 2.42. The van der Waals surface area contributed by atoms with Gasteiger partial charge >= 0.3 is 6.03 Å². The van der Waals surface area contributed by atoms with Crippen LogP contribution in [0.4, 0.5) is 10.5 Å². The number of amides is 3. The van der Waals surface area contributed by atoms with Gasteiger partial charge in [-0.2, -0.15) is 0 Å². The summed E-state index contributed by atoms with van der Waals surface area (Å²) < 4.78 is 5.66. The molecule has 0 aliphatic rings. The molecule has 166 valence electrons. The Hall–Kier alpha value is -1.57. The second-order valence-corrected chi connectivity index (χ2v) is 8.84. The topological polar surface area (TPSA) is 67.4 Å². The maximum absolute atomic E-state index is 12.3. The van der Waals surface area contributed by atoms with E-state index >= 15 is 0 Å². The zero-order valence-electron chi connectivity index (χ0n) is 15.4. The minimum atomic E-state index is -0.906. The molecule has 12 heteroatoms. The van der Waals surface area contributed by atoms with E-state index in [0.717, 1.165) is 0 Å². The fraction of sp³-hybridized carbons (Fsp3) is 0. The first kappa shape index (κ1) is 25.1. The van der Waals surface area contributed by atoms with E-state index in [-0.39, 0.29) is 57.9 Å². The Morgan fingerprint density at radius 3 is 2.00 bits per heavy atom. The van der Waals surface area contributed by atoms with Gasteiger partial charge in [-0.1, -0.05) is 93.3 Å². The van der Waals surface area contributed by atoms with Gasteiger partial charge in [0.15, 0.2) is 0 Å². The predicted octanol–water partition coefficient (Wildman–Crippen LogP) is 9.01. The number of benzene rings is 3. The Morgan fingerprint density at radius 1 is 0.688 bits per heavy atom. The number of nitrogens with one attached hydrogen (secondary N) is 2. The Labute approximate surface area is 217 Å². The van der Waals surface area contributed by atoms with E-state index < -0.39 is 11.9 Å². The van der Waals surface area contributed by atoms with Crippen LogP contribution in [0.1, 0.15) is 10.4 Å². The van der Waals surface area contributed by atoms with Crippen LogP contribution in [0.3, 0.4) is 0 Å². The van der Waals surface area contributed by atoms with Gasteiger partial charge in [0.1, 0.15) is 16.5 Å². The summed E-state index contributed by atoms with van der Waals surface area (Å²) in [5, 5.41) is 5.06. The molecule has 32 heavy (non-hydrogen) atoms. The number of halogens is 7. The SMILES string of the molecule is O=C(NC(=O)c1ccccc1Cl)Nc1c(Cl)cc(Oc2cc(Cl)c(Cl)cc2Cl)c(Cl)c1Cl. The number of hydrogen-bond acceptors (Lipinski definition) is 3. The molecule has 3 rings (SSSR count). The maximum atomic E-state index is 12.3. The number of hydrogen-bond donors (Lipinski definition) is 2. The minimum absolute atomic E-state index is 0.0223.